The van der Waals surface area contributed by atoms with Crippen LogP contribution in [-0.2, 0) is 20.8 Å². The van der Waals surface area contributed by atoms with Gasteiger partial charge in [0.2, 0.25) is 0 Å². The highest BCUT2D eigenvalue weighted by atomic mass is 35.5. The van der Waals surface area contributed by atoms with Gasteiger partial charge in [-0.3, -0.25) is 9.59 Å². The number of ether oxygens (including phenoxy) is 1. The van der Waals surface area contributed by atoms with E-state index < -0.39 is 23.9 Å². The van der Waals surface area contributed by atoms with Crippen molar-refractivity contribution in [1.82, 2.24) is 5.06 Å². The second-order valence-corrected chi connectivity index (χ2v) is 6.26. The Kier molecular flexibility index (Phi) is 5.06. The molecule has 0 radical (unpaired) electrons. The van der Waals surface area contributed by atoms with E-state index in [1.165, 1.54) is 19.2 Å². The van der Waals surface area contributed by atoms with Gasteiger partial charge in [0.15, 0.2) is 6.10 Å². The molecule has 1 heterocycles. The van der Waals surface area contributed by atoms with Crippen LogP contribution in [0.5, 0.6) is 0 Å². The number of hydrogen-bond acceptors (Lipinski definition) is 5. The maximum absolute atomic E-state index is 12.4. The summed E-state index contributed by atoms with van der Waals surface area (Å²) >= 11 is 6.01. The third-order valence-electron chi connectivity index (χ3n) is 4.10. The molecule has 2 aromatic carbocycles. The summed E-state index contributed by atoms with van der Waals surface area (Å²) in [5, 5.41) is 1.22. The average molecular weight is 374 g/mol. The van der Waals surface area contributed by atoms with Gasteiger partial charge in [-0.2, -0.15) is 0 Å². The number of imide groups is 1. The fourth-order valence-electron chi connectivity index (χ4n) is 2.73. The maximum Gasteiger partial charge on any atom is 0.338 e. The van der Waals surface area contributed by atoms with Gasteiger partial charge in [-0.25, -0.2) is 9.63 Å². The standard InChI is InChI=1S/C19H16ClNO5/c1-11-9-12(7-8-15(11)20)10-16(19(24)25-2)26-21-17(22)13-5-3-4-6-14(13)18(21)23/h3-9,16H,10H2,1-2H3. The molecule has 0 aliphatic carbocycles. The van der Waals surface area contributed by atoms with Crippen LogP contribution in [-0.4, -0.2) is 36.1 Å². The van der Waals surface area contributed by atoms with Crippen LogP contribution in [0.15, 0.2) is 42.5 Å². The lowest BCUT2D eigenvalue weighted by Crippen LogP contribution is -2.39. The minimum absolute atomic E-state index is 0.123. The topological polar surface area (TPSA) is 72.9 Å². The third-order valence-corrected chi connectivity index (χ3v) is 4.52. The number of nitrogens with zero attached hydrogens (tertiary/aromatic N) is 1. The zero-order chi connectivity index (χ0) is 18.8. The monoisotopic (exact) mass is 373 g/mol. The number of hydroxylamine groups is 2. The number of hydrogen-bond donors (Lipinski definition) is 0. The van der Waals surface area contributed by atoms with Gasteiger partial charge in [0.25, 0.3) is 11.8 Å². The number of carbonyl (C=O) groups excluding carboxylic acids is 3. The summed E-state index contributed by atoms with van der Waals surface area (Å²) < 4.78 is 4.76. The maximum atomic E-state index is 12.4. The molecule has 26 heavy (non-hydrogen) atoms. The molecule has 0 saturated heterocycles. The number of esters is 1. The lowest BCUT2D eigenvalue weighted by molar-refractivity contribution is -0.177. The van der Waals surface area contributed by atoms with Crippen LogP contribution in [0.4, 0.5) is 0 Å². The Morgan fingerprint density at radius 2 is 1.73 bits per heavy atom. The quantitative estimate of drug-likeness (QED) is 0.595. The minimum Gasteiger partial charge on any atom is -0.467 e. The molecule has 0 bridgehead atoms. The van der Waals surface area contributed by atoms with E-state index in [-0.39, 0.29) is 17.5 Å². The second kappa shape index (κ2) is 7.27. The molecular weight excluding hydrogens is 358 g/mol. The van der Waals surface area contributed by atoms with Crippen molar-refractivity contribution in [3.8, 4) is 0 Å². The van der Waals surface area contributed by atoms with E-state index in [2.05, 4.69) is 0 Å². The van der Waals surface area contributed by atoms with Crippen molar-refractivity contribution in [2.24, 2.45) is 0 Å². The summed E-state index contributed by atoms with van der Waals surface area (Å²) in [4.78, 5) is 42.4. The molecule has 1 atom stereocenters. The molecule has 2 aromatic rings. The van der Waals surface area contributed by atoms with E-state index in [9.17, 15) is 14.4 Å². The molecule has 7 heteroatoms. The molecule has 3 rings (SSSR count). The number of carbonyl (C=O) groups is 3. The Bertz CT molecular complexity index is 860. The number of fused-ring (bicyclic) bond motifs is 1. The highest BCUT2D eigenvalue weighted by molar-refractivity contribution is 6.31. The average Bonchev–Trinajstić information content (AvgIpc) is 2.88. The van der Waals surface area contributed by atoms with E-state index in [1.54, 1.807) is 24.3 Å². The molecule has 0 spiro atoms. The lowest BCUT2D eigenvalue weighted by Gasteiger charge is -2.21. The Hall–Kier alpha value is -2.70. The summed E-state index contributed by atoms with van der Waals surface area (Å²) in [7, 11) is 1.22. The van der Waals surface area contributed by atoms with Crippen LogP contribution in [0.25, 0.3) is 0 Å². The zero-order valence-electron chi connectivity index (χ0n) is 14.2. The fraction of sp³-hybridized carbons (Fsp3) is 0.211. The van der Waals surface area contributed by atoms with Gasteiger partial charge < -0.3 is 4.74 Å². The van der Waals surface area contributed by atoms with E-state index in [0.29, 0.717) is 10.1 Å². The summed E-state index contributed by atoms with van der Waals surface area (Å²) in [5.41, 5.74) is 2.08. The van der Waals surface area contributed by atoms with Gasteiger partial charge in [0.1, 0.15) is 0 Å². The van der Waals surface area contributed by atoms with Crippen LogP contribution in [0, 0.1) is 6.92 Å². The normalized spacial score (nSPS) is 14.3. The largest absolute Gasteiger partial charge is 0.467 e. The van der Waals surface area contributed by atoms with Crippen molar-refractivity contribution in [2.45, 2.75) is 19.4 Å². The fourth-order valence-corrected chi connectivity index (χ4v) is 2.85. The highest BCUT2D eigenvalue weighted by Gasteiger charge is 2.39. The molecule has 0 N–H and O–H groups in total. The number of halogens is 1. The van der Waals surface area contributed by atoms with E-state index in [4.69, 9.17) is 21.2 Å². The predicted octanol–water partition coefficient (Wildman–Crippen LogP) is 2.96. The van der Waals surface area contributed by atoms with Crippen molar-refractivity contribution >= 4 is 29.4 Å². The second-order valence-electron chi connectivity index (χ2n) is 5.86. The highest BCUT2D eigenvalue weighted by Crippen LogP contribution is 2.25. The van der Waals surface area contributed by atoms with Gasteiger partial charge in [-0.1, -0.05) is 35.9 Å². The zero-order valence-corrected chi connectivity index (χ0v) is 14.9. The predicted molar refractivity (Wildman–Crippen MR) is 93.7 cm³/mol. The molecule has 0 saturated carbocycles. The van der Waals surface area contributed by atoms with Crippen LogP contribution < -0.4 is 0 Å². The molecule has 134 valence electrons. The molecule has 1 unspecified atom stereocenters. The first-order valence-corrected chi connectivity index (χ1v) is 8.27. The number of methoxy groups -OCH3 is 1. The Morgan fingerprint density at radius 1 is 1.12 bits per heavy atom. The molecule has 1 aliphatic rings. The van der Waals surface area contributed by atoms with Crippen LogP contribution in [0.2, 0.25) is 5.02 Å². The van der Waals surface area contributed by atoms with E-state index in [1.807, 2.05) is 13.0 Å². The van der Waals surface area contributed by atoms with Gasteiger partial charge in [-0.05, 0) is 36.2 Å². The minimum atomic E-state index is -1.15. The van der Waals surface area contributed by atoms with Crippen molar-refractivity contribution in [3.05, 3.63) is 69.7 Å². The van der Waals surface area contributed by atoms with Crippen molar-refractivity contribution in [1.29, 1.82) is 0 Å². The summed E-state index contributed by atoms with van der Waals surface area (Å²) in [6.07, 6.45) is -1.03. The van der Waals surface area contributed by atoms with Gasteiger partial charge in [0, 0.05) is 11.4 Å². The van der Waals surface area contributed by atoms with Crippen molar-refractivity contribution in [2.75, 3.05) is 7.11 Å². The number of rotatable bonds is 5. The van der Waals surface area contributed by atoms with Crippen LogP contribution >= 0.6 is 11.6 Å². The Labute approximate surface area is 155 Å². The first-order valence-electron chi connectivity index (χ1n) is 7.90. The number of amides is 2. The molecular formula is C19H16ClNO5. The molecule has 1 aliphatic heterocycles. The van der Waals surface area contributed by atoms with Crippen molar-refractivity contribution < 1.29 is 24.0 Å². The summed E-state index contributed by atoms with van der Waals surface area (Å²) in [5.74, 6) is -1.90. The first kappa shape index (κ1) is 18.1. The van der Waals surface area contributed by atoms with E-state index >= 15 is 0 Å². The molecule has 0 aromatic heterocycles. The molecule has 6 nitrogen and oxygen atoms in total. The summed E-state index contributed by atoms with van der Waals surface area (Å²) in [6.45, 7) is 1.84. The number of benzene rings is 2. The molecule has 2 amide bonds. The Balaban J connectivity index is 1.83. The van der Waals surface area contributed by atoms with Gasteiger partial charge in [0.05, 0.1) is 18.2 Å². The third kappa shape index (κ3) is 3.34. The Morgan fingerprint density at radius 3 is 2.27 bits per heavy atom. The van der Waals surface area contributed by atoms with Crippen LogP contribution in [0.1, 0.15) is 31.8 Å². The SMILES string of the molecule is COC(=O)C(Cc1ccc(Cl)c(C)c1)ON1C(=O)c2ccccc2C1=O. The number of aryl methyl sites for hydroxylation is 1. The van der Waals surface area contributed by atoms with Gasteiger partial charge >= 0.3 is 5.97 Å². The van der Waals surface area contributed by atoms with E-state index in [0.717, 1.165) is 11.1 Å². The summed E-state index contributed by atoms with van der Waals surface area (Å²) in [6, 6.07) is 11.6. The first-order chi connectivity index (χ1) is 12.4. The lowest BCUT2D eigenvalue weighted by atomic mass is 10.1. The van der Waals surface area contributed by atoms with Crippen LogP contribution in [0.3, 0.4) is 0 Å². The van der Waals surface area contributed by atoms with Gasteiger partial charge in [-0.15, -0.1) is 5.06 Å². The smallest absolute Gasteiger partial charge is 0.338 e. The van der Waals surface area contributed by atoms with Crippen molar-refractivity contribution in [3.63, 3.8) is 0 Å². The molecule has 0 fully saturated rings.